The van der Waals surface area contributed by atoms with E-state index in [-0.39, 0.29) is 5.75 Å². The molecular weight excluding hydrogens is 421 g/mol. The average molecular weight is 453 g/mol. The fourth-order valence-corrected chi connectivity index (χ4v) is 3.72. The summed E-state index contributed by atoms with van der Waals surface area (Å²) >= 11 is 0. The van der Waals surface area contributed by atoms with Gasteiger partial charge in [-0.05, 0) is 67.8 Å². The summed E-state index contributed by atoms with van der Waals surface area (Å²) < 4.78 is 41.5. The standard InChI is InChI=1S/C24H31F3N2O3/c1-6-15(2)13-29(5)23-16(3)20(11-18(12-28-4)22(23)21(31)14-30)17-7-9-19(10-8-17)32-24(25,26)27/h7-11,13,21,28,30-31H,6,12,14H2,1-5H3/b15-13+. The number of ether oxygens (including phenoxy) is 1. The number of aliphatic hydroxyl groups excluding tert-OH is 2. The fraction of sp³-hybridized carbons (Fsp3) is 0.417. The topological polar surface area (TPSA) is 65.0 Å². The van der Waals surface area contributed by atoms with Crippen molar-refractivity contribution in [3.63, 3.8) is 0 Å². The first-order valence-corrected chi connectivity index (χ1v) is 10.4. The lowest BCUT2D eigenvalue weighted by molar-refractivity contribution is -0.274. The second kappa shape index (κ2) is 10.8. The summed E-state index contributed by atoms with van der Waals surface area (Å²) in [6, 6.07) is 7.60. The van der Waals surface area contributed by atoms with E-state index in [1.807, 2.05) is 45.0 Å². The molecule has 176 valence electrons. The van der Waals surface area contributed by atoms with Gasteiger partial charge in [0.15, 0.2) is 0 Å². The van der Waals surface area contributed by atoms with E-state index in [2.05, 4.69) is 10.1 Å². The number of rotatable bonds is 9. The molecule has 1 unspecified atom stereocenters. The summed E-state index contributed by atoms with van der Waals surface area (Å²) in [5.41, 5.74) is 5.64. The minimum Gasteiger partial charge on any atom is -0.406 e. The quantitative estimate of drug-likeness (QED) is 0.497. The Labute approximate surface area is 187 Å². The second-order valence-electron chi connectivity index (χ2n) is 7.71. The molecule has 1 atom stereocenters. The molecular formula is C24H31F3N2O3. The molecule has 32 heavy (non-hydrogen) atoms. The second-order valence-corrected chi connectivity index (χ2v) is 7.71. The van der Waals surface area contributed by atoms with Crippen molar-refractivity contribution in [3.8, 4) is 16.9 Å². The molecule has 0 aromatic heterocycles. The molecule has 0 spiro atoms. The summed E-state index contributed by atoms with van der Waals surface area (Å²) in [5, 5.41) is 23.4. The molecule has 0 saturated heterocycles. The van der Waals surface area contributed by atoms with Crippen LogP contribution in [0, 0.1) is 6.92 Å². The molecule has 0 heterocycles. The van der Waals surface area contributed by atoms with Crippen LogP contribution < -0.4 is 15.0 Å². The Kier molecular flexibility index (Phi) is 8.72. The molecule has 8 heteroatoms. The van der Waals surface area contributed by atoms with Gasteiger partial charge in [0.2, 0.25) is 0 Å². The molecule has 3 N–H and O–H groups in total. The van der Waals surface area contributed by atoms with Crippen LogP contribution in [0.15, 0.2) is 42.1 Å². The van der Waals surface area contributed by atoms with Crippen LogP contribution in [0.2, 0.25) is 0 Å². The van der Waals surface area contributed by atoms with Gasteiger partial charge in [0.1, 0.15) is 11.9 Å². The van der Waals surface area contributed by atoms with Crippen LogP contribution in [0.25, 0.3) is 11.1 Å². The van der Waals surface area contributed by atoms with Crippen molar-refractivity contribution >= 4 is 5.69 Å². The van der Waals surface area contributed by atoms with Gasteiger partial charge < -0.3 is 25.2 Å². The van der Waals surface area contributed by atoms with Gasteiger partial charge in [0, 0.05) is 25.4 Å². The Bertz CT molecular complexity index is 941. The van der Waals surface area contributed by atoms with Crippen molar-refractivity contribution in [2.75, 3.05) is 25.6 Å². The van der Waals surface area contributed by atoms with E-state index in [0.717, 1.165) is 34.4 Å². The summed E-state index contributed by atoms with van der Waals surface area (Å²) in [5.74, 6) is -0.291. The van der Waals surface area contributed by atoms with Gasteiger partial charge in [-0.1, -0.05) is 24.6 Å². The molecule has 2 aromatic rings. The molecule has 0 aliphatic carbocycles. The number of halogens is 3. The zero-order valence-electron chi connectivity index (χ0n) is 19.0. The minimum absolute atomic E-state index is 0.291. The Hall–Kier alpha value is -2.55. The predicted molar refractivity (Wildman–Crippen MR) is 121 cm³/mol. The Balaban J connectivity index is 2.71. The number of hydrogen-bond donors (Lipinski definition) is 3. The molecule has 0 aliphatic heterocycles. The van der Waals surface area contributed by atoms with Gasteiger partial charge in [-0.15, -0.1) is 13.2 Å². The van der Waals surface area contributed by atoms with Crippen molar-refractivity contribution in [3.05, 3.63) is 58.8 Å². The lowest BCUT2D eigenvalue weighted by Gasteiger charge is -2.28. The summed E-state index contributed by atoms with van der Waals surface area (Å²) in [7, 11) is 3.66. The summed E-state index contributed by atoms with van der Waals surface area (Å²) in [4.78, 5) is 1.92. The molecule has 0 aliphatic rings. The van der Waals surface area contributed by atoms with E-state index in [9.17, 15) is 23.4 Å². The molecule has 0 amide bonds. The van der Waals surface area contributed by atoms with Gasteiger partial charge in [0.25, 0.3) is 0 Å². The van der Waals surface area contributed by atoms with Gasteiger partial charge in [0.05, 0.1) is 12.3 Å². The van der Waals surface area contributed by atoms with E-state index in [1.54, 1.807) is 19.2 Å². The van der Waals surface area contributed by atoms with Gasteiger partial charge >= 0.3 is 6.36 Å². The molecule has 2 rings (SSSR count). The summed E-state index contributed by atoms with van der Waals surface area (Å²) in [6.45, 7) is 5.95. The number of alkyl halides is 3. The Morgan fingerprint density at radius 2 is 1.88 bits per heavy atom. The third-order valence-electron chi connectivity index (χ3n) is 5.28. The fourth-order valence-electron chi connectivity index (χ4n) is 3.72. The highest BCUT2D eigenvalue weighted by Crippen LogP contribution is 2.40. The van der Waals surface area contributed by atoms with Crippen LogP contribution in [0.3, 0.4) is 0 Å². The molecule has 0 bridgehead atoms. The SMILES string of the molecule is CC/C(C)=C/N(C)c1c(C)c(-c2ccc(OC(F)(F)F)cc2)cc(CNC)c1C(O)CO. The van der Waals surface area contributed by atoms with E-state index in [4.69, 9.17) is 0 Å². The number of nitrogens with one attached hydrogen (secondary N) is 1. The highest BCUT2D eigenvalue weighted by atomic mass is 19.4. The zero-order valence-corrected chi connectivity index (χ0v) is 19.0. The number of allylic oxidation sites excluding steroid dienone is 1. The molecule has 5 nitrogen and oxygen atoms in total. The Morgan fingerprint density at radius 1 is 1.25 bits per heavy atom. The van der Waals surface area contributed by atoms with Crippen molar-refractivity contribution in [1.29, 1.82) is 0 Å². The van der Waals surface area contributed by atoms with Crippen LogP contribution in [-0.4, -0.2) is 37.3 Å². The van der Waals surface area contributed by atoms with Crippen molar-refractivity contribution < 1.29 is 28.1 Å². The van der Waals surface area contributed by atoms with Crippen molar-refractivity contribution in [2.24, 2.45) is 0 Å². The number of benzene rings is 2. The average Bonchev–Trinajstić information content (AvgIpc) is 2.73. The lowest BCUT2D eigenvalue weighted by Crippen LogP contribution is -2.20. The van der Waals surface area contributed by atoms with E-state index in [0.29, 0.717) is 17.7 Å². The number of anilines is 1. The van der Waals surface area contributed by atoms with Crippen LogP contribution in [-0.2, 0) is 6.54 Å². The molecule has 0 fully saturated rings. The third kappa shape index (κ3) is 6.25. The zero-order chi connectivity index (χ0) is 24.1. The van der Waals surface area contributed by atoms with Gasteiger partial charge in [-0.3, -0.25) is 0 Å². The number of aliphatic hydroxyl groups is 2. The van der Waals surface area contributed by atoms with Crippen LogP contribution in [0.1, 0.15) is 43.1 Å². The maximum Gasteiger partial charge on any atom is 0.573 e. The predicted octanol–water partition coefficient (Wildman–Crippen LogP) is 5.06. The van der Waals surface area contributed by atoms with Crippen LogP contribution in [0.4, 0.5) is 18.9 Å². The van der Waals surface area contributed by atoms with E-state index < -0.39 is 19.1 Å². The minimum atomic E-state index is -4.75. The van der Waals surface area contributed by atoms with Gasteiger partial charge in [-0.25, -0.2) is 0 Å². The molecule has 0 saturated carbocycles. The first-order chi connectivity index (χ1) is 15.0. The van der Waals surface area contributed by atoms with E-state index >= 15 is 0 Å². The maximum atomic E-state index is 12.5. The van der Waals surface area contributed by atoms with E-state index in [1.165, 1.54) is 12.1 Å². The molecule has 0 radical (unpaired) electrons. The monoisotopic (exact) mass is 452 g/mol. The van der Waals surface area contributed by atoms with Crippen LogP contribution >= 0.6 is 0 Å². The largest absolute Gasteiger partial charge is 0.573 e. The summed E-state index contributed by atoms with van der Waals surface area (Å²) in [6.07, 6.45) is -3.01. The lowest BCUT2D eigenvalue weighted by atomic mass is 9.89. The van der Waals surface area contributed by atoms with Crippen LogP contribution in [0.5, 0.6) is 5.75 Å². The Morgan fingerprint density at radius 3 is 2.38 bits per heavy atom. The first kappa shape index (κ1) is 25.7. The third-order valence-corrected chi connectivity index (χ3v) is 5.28. The molecule has 2 aromatic carbocycles. The first-order valence-electron chi connectivity index (χ1n) is 10.4. The van der Waals surface area contributed by atoms with Gasteiger partial charge in [-0.2, -0.15) is 0 Å². The number of hydrogen-bond acceptors (Lipinski definition) is 5. The highest BCUT2D eigenvalue weighted by Gasteiger charge is 2.31. The van der Waals surface area contributed by atoms with Crippen molar-refractivity contribution in [1.82, 2.24) is 5.32 Å². The smallest absolute Gasteiger partial charge is 0.406 e. The maximum absolute atomic E-state index is 12.5. The number of nitrogens with zero attached hydrogens (tertiary/aromatic N) is 1. The normalized spacial score (nSPS) is 13.2. The van der Waals surface area contributed by atoms with Crippen molar-refractivity contribution in [2.45, 2.75) is 46.2 Å². The highest BCUT2D eigenvalue weighted by molar-refractivity contribution is 5.79.